The van der Waals surface area contributed by atoms with Gasteiger partial charge in [0.2, 0.25) is 0 Å². The van der Waals surface area contributed by atoms with Crippen molar-refractivity contribution in [1.29, 1.82) is 5.26 Å². The number of nitrogens with zero attached hydrogens (tertiary/aromatic N) is 5. The summed E-state index contributed by atoms with van der Waals surface area (Å²) < 4.78 is 1.69. The largest absolute Gasteiger partial charge is 0.338 e. The average Bonchev–Trinajstić information content (AvgIpc) is 3.27. The Balaban J connectivity index is 1.60. The van der Waals surface area contributed by atoms with E-state index in [0.29, 0.717) is 29.2 Å². The van der Waals surface area contributed by atoms with Gasteiger partial charge < -0.3 is 10.2 Å². The van der Waals surface area contributed by atoms with Crippen LogP contribution in [-0.4, -0.2) is 40.1 Å². The third-order valence-corrected chi connectivity index (χ3v) is 5.11. The molecule has 0 atom stereocenters. The van der Waals surface area contributed by atoms with Crippen LogP contribution >= 0.6 is 0 Å². The van der Waals surface area contributed by atoms with Crippen molar-refractivity contribution >= 4 is 29.0 Å². The number of urea groups is 1. The molecule has 3 heterocycles. The summed E-state index contributed by atoms with van der Waals surface area (Å²) in [5.74, 6) is 0.245. The Kier molecular flexibility index (Phi) is 6.00. The van der Waals surface area contributed by atoms with Crippen LogP contribution in [-0.2, 0) is 0 Å². The first-order valence-electron chi connectivity index (χ1n) is 10.3. The molecule has 0 aliphatic heterocycles. The molecular formula is C24H21N7O2. The average molecular weight is 439 g/mol. The highest BCUT2D eigenvalue weighted by atomic mass is 16.2. The highest BCUT2D eigenvalue weighted by Crippen LogP contribution is 2.26. The van der Waals surface area contributed by atoms with E-state index < -0.39 is 0 Å². The van der Waals surface area contributed by atoms with Crippen molar-refractivity contribution in [2.24, 2.45) is 0 Å². The molecule has 3 amide bonds. The van der Waals surface area contributed by atoms with Gasteiger partial charge in [0.1, 0.15) is 5.82 Å². The predicted octanol–water partition coefficient (Wildman–Crippen LogP) is 3.69. The summed E-state index contributed by atoms with van der Waals surface area (Å²) in [5.41, 5.74) is 4.08. The van der Waals surface area contributed by atoms with Crippen molar-refractivity contribution in [3.05, 3.63) is 78.2 Å². The summed E-state index contributed by atoms with van der Waals surface area (Å²) in [6.45, 7) is 2.36. The second-order valence-electron chi connectivity index (χ2n) is 7.24. The van der Waals surface area contributed by atoms with Crippen LogP contribution in [0.3, 0.4) is 0 Å². The number of hydrogen-bond acceptors (Lipinski definition) is 5. The lowest BCUT2D eigenvalue weighted by Crippen LogP contribution is -2.28. The van der Waals surface area contributed by atoms with E-state index in [9.17, 15) is 9.59 Å². The number of pyridine rings is 2. The molecule has 33 heavy (non-hydrogen) atoms. The zero-order chi connectivity index (χ0) is 23.4. The number of fused-ring (bicyclic) bond motifs is 1. The first-order chi connectivity index (χ1) is 16.0. The SMILES string of the molecule is CCNC(=O)Nc1ccc(-c2cnn3ccc(C(=O)N(C)c4ccc(C#N)cc4)cc23)cn1. The number of anilines is 2. The van der Waals surface area contributed by atoms with Crippen molar-refractivity contribution < 1.29 is 9.59 Å². The molecule has 0 fully saturated rings. The van der Waals surface area contributed by atoms with E-state index >= 15 is 0 Å². The molecule has 4 aromatic rings. The highest BCUT2D eigenvalue weighted by molar-refractivity contribution is 6.06. The Morgan fingerprint density at radius 3 is 2.58 bits per heavy atom. The summed E-state index contributed by atoms with van der Waals surface area (Å²) in [4.78, 5) is 30.6. The molecule has 0 saturated carbocycles. The van der Waals surface area contributed by atoms with Crippen molar-refractivity contribution in [3.8, 4) is 17.2 Å². The highest BCUT2D eigenvalue weighted by Gasteiger charge is 2.16. The Labute approximate surface area is 190 Å². The maximum Gasteiger partial charge on any atom is 0.320 e. The lowest BCUT2D eigenvalue weighted by atomic mass is 10.1. The maximum atomic E-state index is 13.1. The van der Waals surface area contributed by atoms with Gasteiger partial charge in [-0.05, 0) is 55.5 Å². The first-order valence-corrected chi connectivity index (χ1v) is 10.3. The van der Waals surface area contributed by atoms with Crippen molar-refractivity contribution in [3.63, 3.8) is 0 Å². The molecule has 1 aromatic carbocycles. The number of amides is 3. The van der Waals surface area contributed by atoms with Gasteiger partial charge in [-0.2, -0.15) is 10.4 Å². The van der Waals surface area contributed by atoms with E-state index in [1.54, 1.807) is 72.6 Å². The predicted molar refractivity (Wildman–Crippen MR) is 125 cm³/mol. The molecule has 0 bridgehead atoms. The van der Waals surface area contributed by atoms with Crippen LogP contribution in [0.15, 0.2) is 67.1 Å². The third kappa shape index (κ3) is 4.50. The van der Waals surface area contributed by atoms with Crippen molar-refractivity contribution in [2.75, 3.05) is 23.8 Å². The molecule has 9 heteroatoms. The number of hydrogen-bond donors (Lipinski definition) is 2. The number of carbonyl (C=O) groups excluding carboxylic acids is 2. The van der Waals surface area contributed by atoms with Crippen LogP contribution in [0.5, 0.6) is 0 Å². The topological polar surface area (TPSA) is 115 Å². The minimum Gasteiger partial charge on any atom is -0.338 e. The number of nitriles is 1. The Morgan fingerprint density at radius 1 is 1.12 bits per heavy atom. The number of rotatable bonds is 5. The first kappa shape index (κ1) is 21.5. The molecule has 164 valence electrons. The van der Waals surface area contributed by atoms with Gasteiger partial charge in [0.15, 0.2) is 0 Å². The van der Waals surface area contributed by atoms with Gasteiger partial charge in [0.05, 0.1) is 23.3 Å². The standard InChI is InChI=1S/C24H21N7O2/c1-3-26-24(33)29-22-9-6-18(14-27-22)20-15-28-31-11-10-17(12-21(20)31)23(32)30(2)19-7-4-16(13-25)5-8-19/h4-12,14-15H,3H2,1-2H3,(H2,26,27,29,33). The zero-order valence-electron chi connectivity index (χ0n) is 18.1. The Bertz CT molecular complexity index is 1350. The van der Waals surface area contributed by atoms with E-state index in [0.717, 1.165) is 16.6 Å². The molecule has 9 nitrogen and oxygen atoms in total. The molecular weight excluding hydrogens is 418 g/mol. The second kappa shape index (κ2) is 9.20. The third-order valence-electron chi connectivity index (χ3n) is 5.11. The summed E-state index contributed by atoms with van der Waals surface area (Å²) in [6.07, 6.45) is 5.09. The molecule has 0 saturated heterocycles. The van der Waals surface area contributed by atoms with E-state index in [-0.39, 0.29) is 11.9 Å². The Hall–Kier alpha value is -4.71. The fourth-order valence-electron chi connectivity index (χ4n) is 3.35. The summed E-state index contributed by atoms with van der Waals surface area (Å²) in [7, 11) is 1.69. The summed E-state index contributed by atoms with van der Waals surface area (Å²) >= 11 is 0. The number of aromatic nitrogens is 3. The summed E-state index contributed by atoms with van der Waals surface area (Å²) in [6, 6.07) is 15.6. The minimum atomic E-state index is -0.316. The van der Waals surface area contributed by atoms with Gasteiger partial charge in [0.25, 0.3) is 5.91 Å². The van der Waals surface area contributed by atoms with Crippen molar-refractivity contribution in [1.82, 2.24) is 19.9 Å². The zero-order valence-corrected chi connectivity index (χ0v) is 18.1. The molecule has 3 aromatic heterocycles. The second-order valence-corrected chi connectivity index (χ2v) is 7.24. The minimum absolute atomic E-state index is 0.186. The lowest BCUT2D eigenvalue weighted by molar-refractivity contribution is 0.0993. The van der Waals surface area contributed by atoms with Gasteiger partial charge in [-0.25, -0.2) is 14.3 Å². The number of nitrogens with one attached hydrogen (secondary N) is 2. The maximum absolute atomic E-state index is 13.1. The molecule has 0 aliphatic carbocycles. The van der Waals surface area contributed by atoms with E-state index in [4.69, 9.17) is 5.26 Å². The molecule has 2 N–H and O–H groups in total. The van der Waals surface area contributed by atoms with Gasteiger partial charge in [-0.1, -0.05) is 0 Å². The van der Waals surface area contributed by atoms with Gasteiger partial charge in [-0.15, -0.1) is 0 Å². The molecule has 0 radical (unpaired) electrons. The summed E-state index contributed by atoms with van der Waals surface area (Å²) in [5, 5.41) is 18.6. The van der Waals surface area contributed by atoms with Crippen LogP contribution in [0.2, 0.25) is 0 Å². The lowest BCUT2D eigenvalue weighted by Gasteiger charge is -2.17. The van der Waals surface area contributed by atoms with Crippen LogP contribution in [0.4, 0.5) is 16.3 Å². The quantitative estimate of drug-likeness (QED) is 0.492. The fourth-order valence-corrected chi connectivity index (χ4v) is 3.35. The van der Waals surface area contributed by atoms with Gasteiger partial charge in [-0.3, -0.25) is 10.1 Å². The normalized spacial score (nSPS) is 10.5. The Morgan fingerprint density at radius 2 is 1.91 bits per heavy atom. The van der Waals surface area contributed by atoms with E-state index in [1.165, 1.54) is 4.90 Å². The number of carbonyl (C=O) groups is 2. The molecule has 4 rings (SSSR count). The molecule has 0 aliphatic rings. The number of benzene rings is 1. The molecule has 0 unspecified atom stereocenters. The molecule has 0 spiro atoms. The van der Waals surface area contributed by atoms with E-state index in [1.807, 2.05) is 13.0 Å². The van der Waals surface area contributed by atoms with Gasteiger partial charge in [0, 0.05) is 48.4 Å². The van der Waals surface area contributed by atoms with Crippen molar-refractivity contribution in [2.45, 2.75) is 6.92 Å². The van der Waals surface area contributed by atoms with Crippen LogP contribution in [0, 0.1) is 11.3 Å². The smallest absolute Gasteiger partial charge is 0.320 e. The van der Waals surface area contributed by atoms with Crippen LogP contribution in [0.25, 0.3) is 16.6 Å². The van der Waals surface area contributed by atoms with E-state index in [2.05, 4.69) is 26.8 Å². The van der Waals surface area contributed by atoms with Crippen LogP contribution < -0.4 is 15.5 Å². The van der Waals surface area contributed by atoms with Gasteiger partial charge >= 0.3 is 6.03 Å². The monoisotopic (exact) mass is 439 g/mol. The van der Waals surface area contributed by atoms with Crippen LogP contribution in [0.1, 0.15) is 22.8 Å². The fraction of sp³-hybridized carbons (Fsp3) is 0.125.